The highest BCUT2D eigenvalue weighted by atomic mass is 31.2. The Bertz CT molecular complexity index is 259. The highest BCUT2D eigenvalue weighted by Gasteiger charge is 2.35. The van der Waals surface area contributed by atoms with Gasteiger partial charge in [0.05, 0.1) is 24.9 Å². The van der Waals surface area contributed by atoms with Crippen LogP contribution in [0.5, 0.6) is 0 Å². The van der Waals surface area contributed by atoms with Gasteiger partial charge < -0.3 is 19.8 Å². The molecule has 7 nitrogen and oxygen atoms in total. The first-order valence-electron chi connectivity index (χ1n) is 4.90. The lowest BCUT2D eigenvalue weighted by molar-refractivity contribution is -0.169. The maximum absolute atomic E-state index is 11.0. The third-order valence-electron chi connectivity index (χ3n) is 2.44. The van der Waals surface area contributed by atoms with E-state index in [4.69, 9.17) is 9.63 Å². The summed E-state index contributed by atoms with van der Waals surface area (Å²) in [6.45, 7) is 1.44. The van der Waals surface area contributed by atoms with Crippen LogP contribution in [0.2, 0.25) is 0 Å². The molecule has 1 rings (SSSR count). The van der Waals surface area contributed by atoms with E-state index < -0.39 is 32.2 Å². The van der Waals surface area contributed by atoms with Crippen molar-refractivity contribution in [1.82, 2.24) is 0 Å². The number of aliphatic hydroxyl groups excluding tert-OH is 2. The molecule has 8 heteroatoms. The second-order valence-electron chi connectivity index (χ2n) is 3.70. The van der Waals surface area contributed by atoms with Gasteiger partial charge >= 0.3 is 7.82 Å². The van der Waals surface area contributed by atoms with Crippen LogP contribution in [0.15, 0.2) is 0 Å². The molecule has 0 spiro atoms. The first-order valence-corrected chi connectivity index (χ1v) is 6.40. The summed E-state index contributed by atoms with van der Waals surface area (Å²) >= 11 is 0. The van der Waals surface area contributed by atoms with E-state index in [0.29, 0.717) is 0 Å². The molecule has 0 bridgehead atoms. The number of hydrogen-bond acceptors (Lipinski definition) is 6. The van der Waals surface area contributed by atoms with Crippen molar-refractivity contribution in [1.29, 1.82) is 0 Å². The van der Waals surface area contributed by atoms with E-state index in [0.717, 1.165) is 7.11 Å². The molecule has 0 saturated carbocycles. The van der Waals surface area contributed by atoms with Crippen LogP contribution in [0.25, 0.3) is 0 Å². The highest BCUT2D eigenvalue weighted by Crippen LogP contribution is 2.42. The van der Waals surface area contributed by atoms with Crippen LogP contribution in [0.4, 0.5) is 0 Å². The van der Waals surface area contributed by atoms with Gasteiger partial charge in [-0.15, -0.1) is 0 Å². The molecule has 0 aromatic heterocycles. The van der Waals surface area contributed by atoms with Crippen molar-refractivity contribution in [3.63, 3.8) is 0 Å². The van der Waals surface area contributed by atoms with Crippen LogP contribution in [0.1, 0.15) is 13.3 Å². The Kier molecular flexibility index (Phi) is 4.88. The SMILES string of the molecule is COP(=O)(O)OCC1CC(O)C(O)C(C)O1. The zero-order valence-corrected chi connectivity index (χ0v) is 10.0. The summed E-state index contributed by atoms with van der Waals surface area (Å²) in [5, 5.41) is 18.9. The minimum Gasteiger partial charge on any atom is -0.390 e. The summed E-state index contributed by atoms with van der Waals surface area (Å²) in [4.78, 5) is 8.98. The molecule has 3 N–H and O–H groups in total. The lowest BCUT2D eigenvalue weighted by Crippen LogP contribution is -2.47. The van der Waals surface area contributed by atoms with Crippen LogP contribution < -0.4 is 0 Å². The molecule has 96 valence electrons. The number of rotatable bonds is 4. The van der Waals surface area contributed by atoms with Crippen LogP contribution in [-0.4, -0.2) is 53.2 Å². The van der Waals surface area contributed by atoms with Crippen molar-refractivity contribution < 1.29 is 33.5 Å². The topological polar surface area (TPSA) is 105 Å². The van der Waals surface area contributed by atoms with E-state index >= 15 is 0 Å². The van der Waals surface area contributed by atoms with Gasteiger partial charge in [-0.1, -0.05) is 0 Å². The van der Waals surface area contributed by atoms with Crippen LogP contribution in [0, 0.1) is 0 Å². The fraction of sp³-hybridized carbons (Fsp3) is 1.00. The van der Waals surface area contributed by atoms with E-state index in [2.05, 4.69) is 9.05 Å². The van der Waals surface area contributed by atoms with Gasteiger partial charge in [-0.2, -0.15) is 0 Å². The second-order valence-corrected chi connectivity index (χ2v) is 5.26. The minimum atomic E-state index is -4.02. The number of aliphatic hydroxyl groups is 2. The van der Waals surface area contributed by atoms with Gasteiger partial charge in [-0.25, -0.2) is 4.57 Å². The van der Waals surface area contributed by atoms with Crippen molar-refractivity contribution in [2.75, 3.05) is 13.7 Å². The van der Waals surface area contributed by atoms with Crippen molar-refractivity contribution in [2.45, 2.75) is 37.8 Å². The number of hydrogen-bond donors (Lipinski definition) is 3. The summed E-state index contributed by atoms with van der Waals surface area (Å²) in [5.74, 6) is 0. The summed E-state index contributed by atoms with van der Waals surface area (Å²) in [6.07, 6.45) is -2.80. The molecular weight excluding hydrogens is 239 g/mol. The van der Waals surface area contributed by atoms with E-state index in [1.807, 2.05) is 0 Å². The van der Waals surface area contributed by atoms with Gasteiger partial charge in [0, 0.05) is 13.5 Å². The summed E-state index contributed by atoms with van der Waals surface area (Å²) in [6, 6.07) is 0. The molecule has 1 aliphatic heterocycles. The Hall–Kier alpha value is -0.0100. The van der Waals surface area contributed by atoms with Crippen molar-refractivity contribution in [2.24, 2.45) is 0 Å². The molecule has 16 heavy (non-hydrogen) atoms. The maximum Gasteiger partial charge on any atom is 0.472 e. The van der Waals surface area contributed by atoms with E-state index in [1.165, 1.54) is 0 Å². The predicted molar refractivity (Wildman–Crippen MR) is 53.8 cm³/mol. The highest BCUT2D eigenvalue weighted by molar-refractivity contribution is 7.47. The fourth-order valence-electron chi connectivity index (χ4n) is 1.50. The van der Waals surface area contributed by atoms with Crippen molar-refractivity contribution in [3.05, 3.63) is 0 Å². The zero-order valence-electron chi connectivity index (χ0n) is 9.15. The Balaban J connectivity index is 2.42. The molecule has 0 aliphatic carbocycles. The first-order chi connectivity index (χ1) is 7.35. The maximum atomic E-state index is 11.0. The first kappa shape index (κ1) is 14.1. The van der Waals surface area contributed by atoms with Gasteiger partial charge in [0.2, 0.25) is 0 Å². The number of ether oxygens (including phenoxy) is 1. The van der Waals surface area contributed by atoms with Crippen LogP contribution in [0.3, 0.4) is 0 Å². The van der Waals surface area contributed by atoms with Gasteiger partial charge in [0.25, 0.3) is 0 Å². The fourth-order valence-corrected chi connectivity index (χ4v) is 1.96. The average molecular weight is 256 g/mol. The molecule has 1 aliphatic rings. The van der Waals surface area contributed by atoms with Gasteiger partial charge in [-0.05, 0) is 6.92 Å². The predicted octanol–water partition coefficient (Wildman–Crippen LogP) is -0.351. The lowest BCUT2D eigenvalue weighted by Gasteiger charge is -2.35. The van der Waals surface area contributed by atoms with Crippen molar-refractivity contribution in [3.8, 4) is 0 Å². The molecular formula is C8H17O7P. The summed E-state index contributed by atoms with van der Waals surface area (Å²) in [5.41, 5.74) is 0. The average Bonchev–Trinajstić information content (AvgIpc) is 2.23. The van der Waals surface area contributed by atoms with Crippen molar-refractivity contribution >= 4 is 7.82 Å². The van der Waals surface area contributed by atoms with E-state index in [9.17, 15) is 14.8 Å². The molecule has 1 fully saturated rings. The third kappa shape index (κ3) is 3.78. The standard InChI is InChI=1S/C8H17O7P/c1-5-8(10)7(9)3-6(15-5)4-14-16(11,12)13-2/h5-10H,3-4H2,1-2H3,(H,11,12). The Morgan fingerprint density at radius 1 is 1.50 bits per heavy atom. The third-order valence-corrected chi connectivity index (χ3v) is 3.38. The Morgan fingerprint density at radius 2 is 2.12 bits per heavy atom. The molecule has 0 aromatic rings. The summed E-state index contributed by atoms with van der Waals surface area (Å²) < 4.78 is 25.1. The van der Waals surface area contributed by atoms with Gasteiger partial charge in [-0.3, -0.25) is 9.05 Å². The number of phosphoric acid groups is 1. The van der Waals surface area contributed by atoms with E-state index in [1.54, 1.807) is 6.92 Å². The smallest absolute Gasteiger partial charge is 0.390 e. The lowest BCUT2D eigenvalue weighted by atomic mass is 9.99. The van der Waals surface area contributed by atoms with E-state index in [-0.39, 0.29) is 13.0 Å². The largest absolute Gasteiger partial charge is 0.472 e. The Morgan fingerprint density at radius 3 is 2.62 bits per heavy atom. The van der Waals surface area contributed by atoms with Gasteiger partial charge in [0.1, 0.15) is 6.10 Å². The molecule has 1 saturated heterocycles. The molecule has 0 aromatic carbocycles. The normalized spacial score (nSPS) is 39.3. The molecule has 0 amide bonds. The molecule has 0 radical (unpaired) electrons. The molecule has 5 atom stereocenters. The van der Waals surface area contributed by atoms with Gasteiger partial charge in [0.15, 0.2) is 0 Å². The van der Waals surface area contributed by atoms with Crippen LogP contribution >= 0.6 is 7.82 Å². The minimum absolute atomic E-state index is 0.148. The Labute approximate surface area is 93.6 Å². The molecule has 5 unspecified atom stereocenters. The quantitative estimate of drug-likeness (QED) is 0.590. The summed E-state index contributed by atoms with van der Waals surface area (Å²) in [7, 11) is -2.96. The van der Waals surface area contributed by atoms with Crippen LogP contribution in [-0.2, 0) is 18.3 Å². The number of phosphoric ester groups is 1. The second kappa shape index (κ2) is 5.55. The zero-order chi connectivity index (χ0) is 12.3. The monoisotopic (exact) mass is 256 g/mol. The molecule has 1 heterocycles.